The maximum atomic E-state index is 11.3. The van der Waals surface area contributed by atoms with Crippen LogP contribution in [0.4, 0.5) is 0 Å². The number of hydrogen-bond donors (Lipinski definition) is 2. The predicted molar refractivity (Wildman–Crippen MR) is 96.2 cm³/mol. The fraction of sp³-hybridized carbons (Fsp3) is 0.444. The van der Waals surface area contributed by atoms with Crippen LogP contribution in [0.15, 0.2) is 40.0 Å². The summed E-state index contributed by atoms with van der Waals surface area (Å²) in [7, 11) is 0. The predicted octanol–water partition coefficient (Wildman–Crippen LogP) is 4.62. The van der Waals surface area contributed by atoms with Crippen LogP contribution < -0.4 is 0 Å². The molecular formula is C18H23IO2. The van der Waals surface area contributed by atoms with Crippen molar-refractivity contribution in [2.45, 2.75) is 45.3 Å². The van der Waals surface area contributed by atoms with E-state index in [1.165, 1.54) is 5.57 Å². The van der Waals surface area contributed by atoms with Gasteiger partial charge in [-0.1, -0.05) is 56.3 Å². The topological polar surface area (TPSA) is 40.5 Å². The number of allylic oxidation sites excluding steroid dienone is 1. The van der Waals surface area contributed by atoms with Crippen LogP contribution in [0.1, 0.15) is 50.8 Å². The molecule has 0 fully saturated rings. The third-order valence-electron chi connectivity index (χ3n) is 4.85. The number of benzene rings is 1. The molecule has 1 aromatic rings. The first-order valence-electron chi connectivity index (χ1n) is 7.23. The highest BCUT2D eigenvalue weighted by atomic mass is 127. The zero-order valence-corrected chi connectivity index (χ0v) is 15.0. The fourth-order valence-corrected chi connectivity index (χ4v) is 3.94. The van der Waals surface area contributed by atoms with Crippen molar-refractivity contribution in [1.29, 1.82) is 0 Å². The standard InChI is InChI=1S/C18H23IO2/c1-5-13-8-6-7-9-14(13)16(20)18(21)11-10-12(2)15(19)17(18,3)4/h5-9,16,20-21H,1,10-11H2,2-4H3/t16-,18-/m1/s1. The zero-order valence-electron chi connectivity index (χ0n) is 12.9. The van der Waals surface area contributed by atoms with E-state index < -0.39 is 17.1 Å². The Morgan fingerprint density at radius 1 is 1.33 bits per heavy atom. The Morgan fingerprint density at radius 2 is 1.95 bits per heavy atom. The summed E-state index contributed by atoms with van der Waals surface area (Å²) in [4.78, 5) is 0. The lowest BCUT2D eigenvalue weighted by molar-refractivity contribution is -0.143. The van der Waals surface area contributed by atoms with E-state index in [1.807, 2.05) is 38.1 Å². The van der Waals surface area contributed by atoms with Gasteiger partial charge in [-0.05, 0) is 57.1 Å². The molecule has 2 atom stereocenters. The number of halogens is 1. The van der Waals surface area contributed by atoms with Crippen LogP contribution in [-0.4, -0.2) is 15.8 Å². The monoisotopic (exact) mass is 398 g/mol. The van der Waals surface area contributed by atoms with Gasteiger partial charge in [0.1, 0.15) is 11.7 Å². The molecule has 3 heteroatoms. The molecule has 21 heavy (non-hydrogen) atoms. The van der Waals surface area contributed by atoms with Gasteiger partial charge in [0.15, 0.2) is 0 Å². The average Bonchev–Trinajstić information content (AvgIpc) is 2.49. The minimum absolute atomic E-state index is 0.483. The quantitative estimate of drug-likeness (QED) is 0.730. The van der Waals surface area contributed by atoms with Crippen LogP contribution >= 0.6 is 22.6 Å². The summed E-state index contributed by atoms with van der Waals surface area (Å²) < 4.78 is 1.14. The molecule has 1 aromatic carbocycles. The Kier molecular flexibility index (Phi) is 4.66. The molecule has 0 spiro atoms. The first-order chi connectivity index (χ1) is 9.75. The molecule has 2 N–H and O–H groups in total. The van der Waals surface area contributed by atoms with Gasteiger partial charge in [-0.2, -0.15) is 0 Å². The maximum absolute atomic E-state index is 11.3. The number of hydrogen-bond acceptors (Lipinski definition) is 2. The van der Waals surface area contributed by atoms with E-state index in [2.05, 4.69) is 36.1 Å². The van der Waals surface area contributed by atoms with Gasteiger partial charge in [0.25, 0.3) is 0 Å². The van der Waals surface area contributed by atoms with Crippen molar-refractivity contribution in [1.82, 2.24) is 0 Å². The molecule has 2 nitrogen and oxygen atoms in total. The van der Waals surface area contributed by atoms with E-state index in [4.69, 9.17) is 0 Å². The van der Waals surface area contributed by atoms with Crippen LogP contribution in [-0.2, 0) is 0 Å². The molecule has 1 aliphatic carbocycles. The van der Waals surface area contributed by atoms with E-state index in [-0.39, 0.29) is 0 Å². The van der Waals surface area contributed by atoms with Crippen molar-refractivity contribution in [3.63, 3.8) is 0 Å². The highest BCUT2D eigenvalue weighted by Gasteiger charge is 2.53. The third-order valence-corrected chi connectivity index (χ3v) is 7.12. The van der Waals surface area contributed by atoms with Crippen LogP contribution in [0.3, 0.4) is 0 Å². The summed E-state index contributed by atoms with van der Waals surface area (Å²) in [5, 5.41) is 22.2. The molecular weight excluding hydrogens is 375 g/mol. The van der Waals surface area contributed by atoms with Gasteiger partial charge in [-0.3, -0.25) is 0 Å². The summed E-state index contributed by atoms with van der Waals surface area (Å²) in [6.45, 7) is 9.93. The molecule has 0 aromatic heterocycles. The van der Waals surface area contributed by atoms with Crippen molar-refractivity contribution < 1.29 is 10.2 Å². The van der Waals surface area contributed by atoms with E-state index in [9.17, 15) is 10.2 Å². The molecule has 0 bridgehead atoms. The molecule has 114 valence electrons. The number of rotatable bonds is 3. The molecule has 0 heterocycles. The van der Waals surface area contributed by atoms with Crippen molar-refractivity contribution in [3.05, 3.63) is 51.1 Å². The largest absolute Gasteiger partial charge is 0.386 e. The first kappa shape index (κ1) is 16.7. The second kappa shape index (κ2) is 5.86. The highest BCUT2D eigenvalue weighted by Crippen LogP contribution is 2.55. The van der Waals surface area contributed by atoms with Crippen molar-refractivity contribution >= 4 is 28.7 Å². The van der Waals surface area contributed by atoms with Crippen molar-refractivity contribution in [2.75, 3.05) is 0 Å². The van der Waals surface area contributed by atoms with Crippen LogP contribution in [0.25, 0.3) is 6.08 Å². The molecule has 0 saturated carbocycles. The number of aliphatic hydroxyl groups is 2. The minimum atomic E-state index is -1.18. The van der Waals surface area contributed by atoms with E-state index in [1.54, 1.807) is 6.08 Å². The smallest absolute Gasteiger partial charge is 0.109 e. The lowest BCUT2D eigenvalue weighted by Gasteiger charge is -2.49. The Hall–Kier alpha value is -0.650. The average molecular weight is 398 g/mol. The molecule has 0 aliphatic heterocycles. The zero-order chi connectivity index (χ0) is 15.8. The Labute approximate surface area is 140 Å². The van der Waals surface area contributed by atoms with E-state index >= 15 is 0 Å². The van der Waals surface area contributed by atoms with Crippen LogP contribution in [0.2, 0.25) is 0 Å². The van der Waals surface area contributed by atoms with Crippen molar-refractivity contribution in [2.24, 2.45) is 5.41 Å². The third kappa shape index (κ3) is 2.60. The SMILES string of the molecule is C=Cc1ccccc1[C@@H](O)[C@]1(O)CCC(C)=C(I)C1(C)C. The van der Waals surface area contributed by atoms with Gasteiger partial charge >= 0.3 is 0 Å². The Bertz CT molecular complexity index is 589. The van der Waals surface area contributed by atoms with E-state index in [0.717, 1.165) is 21.1 Å². The van der Waals surface area contributed by atoms with Crippen molar-refractivity contribution in [3.8, 4) is 0 Å². The van der Waals surface area contributed by atoms with Gasteiger partial charge in [-0.25, -0.2) is 0 Å². The normalized spacial score (nSPS) is 26.6. The van der Waals surface area contributed by atoms with Gasteiger partial charge < -0.3 is 10.2 Å². The molecule has 2 rings (SSSR count). The van der Waals surface area contributed by atoms with E-state index in [0.29, 0.717) is 6.42 Å². The summed E-state index contributed by atoms with van der Waals surface area (Å²) in [5.74, 6) is 0. The summed E-state index contributed by atoms with van der Waals surface area (Å²) >= 11 is 2.31. The lowest BCUT2D eigenvalue weighted by Crippen LogP contribution is -2.52. The van der Waals surface area contributed by atoms with Crippen LogP contribution in [0.5, 0.6) is 0 Å². The molecule has 0 saturated heterocycles. The van der Waals surface area contributed by atoms with Gasteiger partial charge in [-0.15, -0.1) is 0 Å². The van der Waals surface area contributed by atoms with Gasteiger partial charge in [0, 0.05) is 5.41 Å². The molecule has 0 radical (unpaired) electrons. The van der Waals surface area contributed by atoms with Gasteiger partial charge in [0.2, 0.25) is 0 Å². The summed E-state index contributed by atoms with van der Waals surface area (Å²) in [6.07, 6.45) is 2.17. The first-order valence-corrected chi connectivity index (χ1v) is 8.31. The number of aliphatic hydroxyl groups excluding tert-OH is 1. The Balaban J connectivity index is 2.52. The summed E-state index contributed by atoms with van der Waals surface area (Å²) in [5.41, 5.74) is 1.25. The van der Waals surface area contributed by atoms with Crippen LogP contribution in [0, 0.1) is 5.41 Å². The lowest BCUT2D eigenvalue weighted by atomic mass is 9.63. The molecule has 0 amide bonds. The minimum Gasteiger partial charge on any atom is -0.386 e. The Morgan fingerprint density at radius 3 is 2.57 bits per heavy atom. The highest BCUT2D eigenvalue weighted by molar-refractivity contribution is 14.1. The second-order valence-corrected chi connectivity index (χ2v) is 7.46. The summed E-state index contributed by atoms with van der Waals surface area (Å²) in [6, 6.07) is 7.58. The molecule has 1 aliphatic rings. The second-order valence-electron chi connectivity index (χ2n) is 6.38. The molecule has 0 unspecified atom stereocenters. The fourth-order valence-electron chi connectivity index (χ4n) is 3.21. The maximum Gasteiger partial charge on any atom is 0.109 e. The van der Waals surface area contributed by atoms with Gasteiger partial charge in [0.05, 0.1) is 0 Å².